The first kappa shape index (κ1) is 26.2. The van der Waals surface area contributed by atoms with Crippen molar-refractivity contribution >= 4 is 79.4 Å². The highest BCUT2D eigenvalue weighted by molar-refractivity contribution is 7.91. The maximum absolute atomic E-state index is 13.1. The van der Waals surface area contributed by atoms with Gasteiger partial charge in [-0.25, -0.2) is 8.42 Å². The molecule has 0 amide bonds. The monoisotopic (exact) mass is 606 g/mol. The van der Waals surface area contributed by atoms with Gasteiger partial charge in [0.2, 0.25) is 9.84 Å². The van der Waals surface area contributed by atoms with Crippen molar-refractivity contribution in [3.8, 4) is 23.0 Å². The van der Waals surface area contributed by atoms with E-state index in [4.69, 9.17) is 79.1 Å². The predicted molar refractivity (Wildman–Crippen MR) is 141 cm³/mol. The van der Waals surface area contributed by atoms with E-state index in [0.29, 0.717) is 21.5 Å². The van der Waals surface area contributed by atoms with Gasteiger partial charge in [0.15, 0.2) is 11.5 Å². The molecule has 180 valence electrons. The van der Waals surface area contributed by atoms with Crippen LogP contribution in [0.5, 0.6) is 23.0 Å². The summed E-state index contributed by atoms with van der Waals surface area (Å²) < 4.78 is 37.5. The molecule has 0 fully saturated rings. The third-order valence-corrected chi connectivity index (χ3v) is 7.98. The fraction of sp³-hybridized carbons (Fsp3) is 0. The van der Waals surface area contributed by atoms with Crippen LogP contribution in [0.3, 0.4) is 0 Å². The standard InChI is InChI=1S/C24H12Cl6O4S/c25-13-9-19(27)23(20(28)10-13)33-15-1-5-17(6-2-15)35(31,32)18-7-3-16(4-8-18)34-24-21(29)11-14(26)12-22(24)30/h1-12H. The van der Waals surface area contributed by atoms with Gasteiger partial charge in [-0.1, -0.05) is 69.6 Å². The topological polar surface area (TPSA) is 52.6 Å². The molecule has 0 aliphatic carbocycles. The smallest absolute Gasteiger partial charge is 0.206 e. The van der Waals surface area contributed by atoms with E-state index >= 15 is 0 Å². The van der Waals surface area contributed by atoms with Crippen LogP contribution < -0.4 is 9.47 Å². The largest absolute Gasteiger partial charge is 0.454 e. The Balaban J connectivity index is 1.53. The van der Waals surface area contributed by atoms with E-state index in [9.17, 15) is 8.42 Å². The van der Waals surface area contributed by atoms with Gasteiger partial charge in [0.25, 0.3) is 0 Å². The van der Waals surface area contributed by atoms with Crippen LogP contribution in [-0.2, 0) is 9.84 Å². The minimum atomic E-state index is -3.81. The highest BCUT2D eigenvalue weighted by atomic mass is 35.5. The minimum absolute atomic E-state index is 0.0654. The number of halogens is 6. The lowest BCUT2D eigenvalue weighted by atomic mass is 10.3. The second-order valence-corrected chi connectivity index (χ2v) is 11.5. The van der Waals surface area contributed by atoms with E-state index in [0.717, 1.165) is 0 Å². The highest BCUT2D eigenvalue weighted by Gasteiger charge is 2.19. The molecule has 0 saturated heterocycles. The van der Waals surface area contributed by atoms with Crippen LogP contribution in [0.1, 0.15) is 0 Å². The van der Waals surface area contributed by atoms with Crippen LogP contribution in [0, 0.1) is 0 Å². The van der Waals surface area contributed by atoms with Gasteiger partial charge in [-0.15, -0.1) is 0 Å². The summed E-state index contributed by atoms with van der Waals surface area (Å²) in [6, 6.07) is 17.6. The highest BCUT2D eigenvalue weighted by Crippen LogP contribution is 2.40. The van der Waals surface area contributed by atoms with Gasteiger partial charge in [-0.3, -0.25) is 0 Å². The first-order valence-corrected chi connectivity index (χ1v) is 13.4. The van der Waals surface area contributed by atoms with Crippen LogP contribution in [-0.4, -0.2) is 8.42 Å². The normalized spacial score (nSPS) is 11.4. The molecule has 4 aromatic rings. The Morgan fingerprint density at radius 2 is 0.771 bits per heavy atom. The molecule has 0 aliphatic rings. The van der Waals surface area contributed by atoms with Crippen molar-refractivity contribution in [2.75, 3.05) is 0 Å². The summed E-state index contributed by atoms with van der Waals surface area (Å²) in [5.74, 6) is 1.11. The van der Waals surface area contributed by atoms with Gasteiger partial charge in [-0.2, -0.15) is 0 Å². The van der Waals surface area contributed by atoms with Crippen LogP contribution in [0.25, 0.3) is 0 Å². The molecule has 0 radical (unpaired) electrons. The Morgan fingerprint density at radius 1 is 0.486 bits per heavy atom. The zero-order valence-corrected chi connectivity index (χ0v) is 22.6. The lowest BCUT2D eigenvalue weighted by molar-refractivity contribution is 0.482. The molecule has 0 N–H and O–H groups in total. The lowest BCUT2D eigenvalue weighted by Crippen LogP contribution is -2.02. The summed E-state index contributed by atoms with van der Waals surface area (Å²) in [5, 5.41) is 1.63. The maximum Gasteiger partial charge on any atom is 0.206 e. The summed E-state index contributed by atoms with van der Waals surface area (Å²) in [4.78, 5) is 0.131. The third-order valence-electron chi connectivity index (χ3n) is 4.63. The number of rotatable bonds is 6. The molecule has 0 bridgehead atoms. The molecule has 0 unspecified atom stereocenters. The molecular formula is C24H12Cl6O4S. The lowest BCUT2D eigenvalue weighted by Gasteiger charge is -2.12. The number of sulfone groups is 1. The number of benzene rings is 4. The van der Waals surface area contributed by atoms with Crippen molar-refractivity contribution < 1.29 is 17.9 Å². The number of hydrogen-bond donors (Lipinski definition) is 0. The van der Waals surface area contributed by atoms with Gasteiger partial charge >= 0.3 is 0 Å². The van der Waals surface area contributed by atoms with Crippen molar-refractivity contribution in [1.82, 2.24) is 0 Å². The van der Waals surface area contributed by atoms with Crippen LogP contribution in [0.2, 0.25) is 30.1 Å². The molecule has 0 aromatic heterocycles. The van der Waals surface area contributed by atoms with Crippen LogP contribution in [0.15, 0.2) is 82.6 Å². The molecule has 4 nitrogen and oxygen atoms in total. The number of hydrogen-bond acceptors (Lipinski definition) is 4. The van der Waals surface area contributed by atoms with Gasteiger partial charge in [0, 0.05) is 10.0 Å². The summed E-state index contributed by atoms with van der Waals surface area (Å²) >= 11 is 36.4. The first-order valence-electron chi connectivity index (χ1n) is 9.64. The quantitative estimate of drug-likeness (QED) is 0.218. The molecule has 11 heteroatoms. The Bertz CT molecular complexity index is 1350. The molecule has 4 aromatic carbocycles. The van der Waals surface area contributed by atoms with Gasteiger partial charge in [0.05, 0.1) is 29.9 Å². The molecule has 0 spiro atoms. The summed E-state index contributed by atoms with van der Waals surface area (Å²) in [6.45, 7) is 0. The van der Waals surface area contributed by atoms with E-state index in [-0.39, 0.29) is 41.4 Å². The Labute approximate surface area is 231 Å². The molecule has 0 aliphatic heterocycles. The fourth-order valence-corrected chi connectivity index (χ4v) is 6.05. The second-order valence-electron chi connectivity index (χ2n) is 7.05. The SMILES string of the molecule is O=S(=O)(c1ccc(Oc2c(Cl)cc(Cl)cc2Cl)cc1)c1ccc(Oc2c(Cl)cc(Cl)cc2Cl)cc1. The van der Waals surface area contributed by atoms with Crippen molar-refractivity contribution in [2.45, 2.75) is 9.79 Å². The van der Waals surface area contributed by atoms with Crippen molar-refractivity contribution in [3.63, 3.8) is 0 Å². The van der Waals surface area contributed by atoms with E-state index in [1.807, 2.05) is 0 Å². The Kier molecular flexibility index (Phi) is 7.99. The maximum atomic E-state index is 13.1. The van der Waals surface area contributed by atoms with Crippen LogP contribution >= 0.6 is 69.6 Å². The van der Waals surface area contributed by atoms with Gasteiger partial charge in [0.1, 0.15) is 11.5 Å². The molecule has 35 heavy (non-hydrogen) atoms. The van der Waals surface area contributed by atoms with Crippen molar-refractivity contribution in [2.24, 2.45) is 0 Å². The number of ether oxygens (including phenoxy) is 2. The zero-order chi connectivity index (χ0) is 25.3. The average molecular weight is 609 g/mol. The van der Waals surface area contributed by atoms with Gasteiger partial charge < -0.3 is 9.47 Å². The molecule has 0 saturated carbocycles. The average Bonchev–Trinajstić information content (AvgIpc) is 2.79. The fourth-order valence-electron chi connectivity index (χ4n) is 3.00. The summed E-state index contributed by atoms with van der Waals surface area (Å²) in [7, 11) is -3.81. The molecule has 0 heterocycles. The van der Waals surface area contributed by atoms with Crippen molar-refractivity contribution in [1.29, 1.82) is 0 Å². The Hall–Kier alpha value is -1.83. The minimum Gasteiger partial charge on any atom is -0.454 e. The molecule has 0 atom stereocenters. The Morgan fingerprint density at radius 3 is 1.06 bits per heavy atom. The third kappa shape index (κ3) is 5.95. The van der Waals surface area contributed by atoms with E-state index < -0.39 is 9.84 Å². The molecule has 4 rings (SSSR count). The van der Waals surface area contributed by atoms with E-state index in [1.165, 1.54) is 72.8 Å². The molecular weight excluding hydrogens is 597 g/mol. The van der Waals surface area contributed by atoms with Gasteiger partial charge in [-0.05, 0) is 72.8 Å². The van der Waals surface area contributed by atoms with E-state index in [1.54, 1.807) is 0 Å². The first-order chi connectivity index (χ1) is 16.5. The van der Waals surface area contributed by atoms with Crippen molar-refractivity contribution in [3.05, 3.63) is 103 Å². The summed E-state index contributed by atoms with van der Waals surface area (Å²) in [5.41, 5.74) is 0. The van der Waals surface area contributed by atoms with Crippen LogP contribution in [0.4, 0.5) is 0 Å². The second kappa shape index (κ2) is 10.7. The summed E-state index contributed by atoms with van der Waals surface area (Å²) in [6.07, 6.45) is 0. The zero-order valence-electron chi connectivity index (χ0n) is 17.2. The predicted octanol–water partition coefficient (Wildman–Crippen LogP) is 10.0. The van der Waals surface area contributed by atoms with E-state index in [2.05, 4.69) is 0 Å².